The molecule has 2 aromatic heterocycles. The molecule has 0 aliphatic heterocycles. The summed E-state index contributed by atoms with van der Waals surface area (Å²) in [6.45, 7) is 6.51. The van der Waals surface area contributed by atoms with Crippen LogP contribution in [0.2, 0.25) is 0 Å². The van der Waals surface area contributed by atoms with Crippen molar-refractivity contribution in [3.63, 3.8) is 0 Å². The molecule has 1 aliphatic rings. The standard InChI is InChI=1S/C23H29N5O2S/c1-3-27(4-2)19(20-11-8-14-30-20)15-24-21(29)16-31-23-26-25-22(17-12-13-17)28(23)18-9-6-5-7-10-18/h5-11,14,17,19H,3-4,12-13,15-16H2,1-2H3,(H,24,29). The minimum atomic E-state index is -0.0238. The van der Waals surface area contributed by atoms with Gasteiger partial charge in [0, 0.05) is 18.2 Å². The fourth-order valence-corrected chi connectivity index (χ4v) is 4.54. The molecule has 1 atom stereocenters. The number of rotatable bonds is 11. The maximum Gasteiger partial charge on any atom is 0.230 e. The molecule has 1 N–H and O–H groups in total. The number of nitrogens with one attached hydrogen (secondary N) is 1. The van der Waals surface area contributed by atoms with Crippen LogP contribution in [0.5, 0.6) is 0 Å². The first-order chi connectivity index (χ1) is 15.2. The molecular weight excluding hydrogens is 410 g/mol. The summed E-state index contributed by atoms with van der Waals surface area (Å²) in [5.74, 6) is 2.60. The maximum atomic E-state index is 12.7. The number of hydrogen-bond acceptors (Lipinski definition) is 6. The molecule has 8 heteroatoms. The Labute approximate surface area is 187 Å². The molecule has 1 unspecified atom stereocenters. The van der Waals surface area contributed by atoms with Gasteiger partial charge in [0.15, 0.2) is 5.16 Å². The van der Waals surface area contributed by atoms with Gasteiger partial charge in [-0.3, -0.25) is 14.3 Å². The van der Waals surface area contributed by atoms with Gasteiger partial charge >= 0.3 is 0 Å². The molecule has 3 aromatic rings. The van der Waals surface area contributed by atoms with Crippen molar-refractivity contribution >= 4 is 17.7 Å². The molecular formula is C23H29N5O2S. The third kappa shape index (κ3) is 5.19. The zero-order valence-corrected chi connectivity index (χ0v) is 18.8. The number of para-hydroxylation sites is 1. The number of furan rings is 1. The molecule has 1 saturated carbocycles. The van der Waals surface area contributed by atoms with Crippen LogP contribution in [0, 0.1) is 0 Å². The van der Waals surface area contributed by atoms with Crippen molar-refractivity contribution in [1.29, 1.82) is 0 Å². The zero-order valence-electron chi connectivity index (χ0n) is 18.0. The Morgan fingerprint density at radius 2 is 1.97 bits per heavy atom. The summed E-state index contributed by atoms with van der Waals surface area (Å²) in [6.07, 6.45) is 3.97. The molecule has 7 nitrogen and oxygen atoms in total. The average molecular weight is 440 g/mol. The van der Waals surface area contributed by atoms with Gasteiger partial charge in [0.2, 0.25) is 5.91 Å². The Morgan fingerprint density at radius 3 is 2.61 bits per heavy atom. The van der Waals surface area contributed by atoms with Crippen LogP contribution in [-0.2, 0) is 4.79 Å². The number of carbonyl (C=O) groups excluding carboxylic acids is 1. The highest BCUT2D eigenvalue weighted by Gasteiger charge is 2.31. The van der Waals surface area contributed by atoms with Gasteiger partial charge in [-0.25, -0.2) is 0 Å². The van der Waals surface area contributed by atoms with E-state index in [1.54, 1.807) is 6.26 Å². The minimum absolute atomic E-state index is 0.0217. The maximum absolute atomic E-state index is 12.7. The fraction of sp³-hybridized carbons (Fsp3) is 0.435. The second-order valence-corrected chi connectivity index (χ2v) is 8.57. The van der Waals surface area contributed by atoms with Gasteiger partial charge in [0.05, 0.1) is 18.1 Å². The van der Waals surface area contributed by atoms with Gasteiger partial charge in [-0.15, -0.1) is 10.2 Å². The second-order valence-electron chi connectivity index (χ2n) is 7.63. The molecule has 0 spiro atoms. The monoisotopic (exact) mass is 439 g/mol. The summed E-state index contributed by atoms with van der Waals surface area (Å²) >= 11 is 1.43. The van der Waals surface area contributed by atoms with Gasteiger partial charge in [-0.2, -0.15) is 0 Å². The third-order valence-electron chi connectivity index (χ3n) is 5.56. The highest BCUT2D eigenvalue weighted by molar-refractivity contribution is 7.99. The molecule has 0 radical (unpaired) electrons. The van der Waals surface area contributed by atoms with Crippen LogP contribution in [0.4, 0.5) is 0 Å². The molecule has 1 fully saturated rings. The Hall–Kier alpha value is -2.58. The van der Waals surface area contributed by atoms with Crippen LogP contribution in [0.15, 0.2) is 58.3 Å². The number of aromatic nitrogens is 3. The van der Waals surface area contributed by atoms with Crippen LogP contribution < -0.4 is 5.32 Å². The SMILES string of the molecule is CCN(CC)C(CNC(=O)CSc1nnc(C2CC2)n1-c1ccccc1)c1ccco1. The molecule has 164 valence electrons. The number of likely N-dealkylation sites (N-methyl/N-ethyl adjacent to an activating group) is 1. The Balaban J connectivity index is 1.40. The van der Waals surface area contributed by atoms with E-state index in [0.29, 0.717) is 18.2 Å². The van der Waals surface area contributed by atoms with E-state index in [4.69, 9.17) is 4.42 Å². The first-order valence-electron chi connectivity index (χ1n) is 10.9. The fourth-order valence-electron chi connectivity index (χ4n) is 3.75. The van der Waals surface area contributed by atoms with E-state index in [9.17, 15) is 4.79 Å². The molecule has 0 bridgehead atoms. The molecule has 2 heterocycles. The summed E-state index contributed by atoms with van der Waals surface area (Å²) in [4.78, 5) is 14.9. The van der Waals surface area contributed by atoms with Crippen LogP contribution in [0.1, 0.15) is 50.2 Å². The number of carbonyl (C=O) groups is 1. The molecule has 1 aromatic carbocycles. The number of amides is 1. The van der Waals surface area contributed by atoms with Crippen molar-refractivity contribution in [3.05, 3.63) is 60.3 Å². The highest BCUT2D eigenvalue weighted by atomic mass is 32.2. The van der Waals surface area contributed by atoms with Crippen LogP contribution in [0.25, 0.3) is 5.69 Å². The van der Waals surface area contributed by atoms with Gasteiger partial charge in [-0.1, -0.05) is 43.8 Å². The predicted octanol–water partition coefficient (Wildman–Crippen LogP) is 4.03. The average Bonchev–Trinajstić information content (AvgIpc) is 3.33. The van der Waals surface area contributed by atoms with Crippen molar-refractivity contribution in [2.24, 2.45) is 0 Å². The summed E-state index contributed by atoms with van der Waals surface area (Å²) in [6, 6.07) is 14.0. The van der Waals surface area contributed by atoms with Gasteiger partial charge in [0.25, 0.3) is 0 Å². The Kier molecular flexibility index (Phi) is 7.09. The van der Waals surface area contributed by atoms with E-state index >= 15 is 0 Å². The number of thioether (sulfide) groups is 1. The van der Waals surface area contributed by atoms with Crippen LogP contribution in [-0.4, -0.2) is 51.0 Å². The van der Waals surface area contributed by atoms with E-state index in [0.717, 1.165) is 48.4 Å². The summed E-state index contributed by atoms with van der Waals surface area (Å²) in [7, 11) is 0. The van der Waals surface area contributed by atoms with Crippen molar-refractivity contribution in [3.8, 4) is 5.69 Å². The third-order valence-corrected chi connectivity index (χ3v) is 6.49. The zero-order chi connectivity index (χ0) is 21.6. The summed E-state index contributed by atoms with van der Waals surface area (Å²) < 4.78 is 7.71. The van der Waals surface area contributed by atoms with E-state index in [1.807, 2.05) is 30.3 Å². The van der Waals surface area contributed by atoms with Crippen molar-refractivity contribution < 1.29 is 9.21 Å². The Bertz CT molecular complexity index is 965. The molecule has 0 saturated heterocycles. The lowest BCUT2D eigenvalue weighted by Crippen LogP contribution is -2.38. The summed E-state index contributed by atoms with van der Waals surface area (Å²) in [5, 5.41) is 12.6. The van der Waals surface area contributed by atoms with Crippen molar-refractivity contribution in [1.82, 2.24) is 25.0 Å². The quantitative estimate of drug-likeness (QED) is 0.455. The Morgan fingerprint density at radius 1 is 1.19 bits per heavy atom. The van der Waals surface area contributed by atoms with E-state index in [1.165, 1.54) is 11.8 Å². The van der Waals surface area contributed by atoms with Crippen LogP contribution >= 0.6 is 11.8 Å². The predicted molar refractivity (Wildman–Crippen MR) is 121 cm³/mol. The van der Waals surface area contributed by atoms with E-state index < -0.39 is 0 Å². The largest absolute Gasteiger partial charge is 0.468 e. The number of nitrogens with zero attached hydrogens (tertiary/aromatic N) is 4. The molecule has 1 aliphatic carbocycles. The topological polar surface area (TPSA) is 76.2 Å². The number of hydrogen-bond donors (Lipinski definition) is 1. The minimum Gasteiger partial charge on any atom is -0.468 e. The second kappa shape index (κ2) is 10.2. The lowest BCUT2D eigenvalue weighted by Gasteiger charge is -2.28. The van der Waals surface area contributed by atoms with E-state index in [2.05, 4.69) is 51.0 Å². The molecule has 1 amide bonds. The van der Waals surface area contributed by atoms with Crippen molar-refractivity contribution in [2.45, 2.75) is 43.8 Å². The van der Waals surface area contributed by atoms with Crippen molar-refractivity contribution in [2.75, 3.05) is 25.4 Å². The lowest BCUT2D eigenvalue weighted by molar-refractivity contribution is -0.118. The van der Waals surface area contributed by atoms with Gasteiger partial charge in [0.1, 0.15) is 11.6 Å². The van der Waals surface area contributed by atoms with Gasteiger partial charge in [-0.05, 0) is 50.2 Å². The summed E-state index contributed by atoms with van der Waals surface area (Å²) in [5.41, 5.74) is 1.04. The van der Waals surface area contributed by atoms with E-state index in [-0.39, 0.29) is 11.9 Å². The molecule has 31 heavy (non-hydrogen) atoms. The first kappa shape index (κ1) is 21.6. The highest BCUT2D eigenvalue weighted by Crippen LogP contribution is 2.41. The smallest absolute Gasteiger partial charge is 0.230 e. The normalized spacial score (nSPS) is 14.7. The first-order valence-corrected chi connectivity index (χ1v) is 11.9. The lowest BCUT2D eigenvalue weighted by atomic mass is 10.2. The number of benzene rings is 1. The molecule has 4 rings (SSSR count). The van der Waals surface area contributed by atoms with Crippen LogP contribution in [0.3, 0.4) is 0 Å². The van der Waals surface area contributed by atoms with Gasteiger partial charge < -0.3 is 9.73 Å².